The number of anilines is 3. The van der Waals surface area contributed by atoms with Gasteiger partial charge < -0.3 is 10.6 Å². The minimum absolute atomic E-state index is 0.682. The van der Waals surface area contributed by atoms with Crippen LogP contribution >= 0.6 is 11.6 Å². The van der Waals surface area contributed by atoms with Gasteiger partial charge in [-0.3, -0.25) is 0 Å². The lowest BCUT2D eigenvalue weighted by Gasteiger charge is -2.32. The van der Waals surface area contributed by atoms with Crippen LogP contribution in [0.1, 0.15) is 12.0 Å². The first-order chi connectivity index (χ1) is 8.75. The number of aryl methyl sites for hydroxylation is 1. The van der Waals surface area contributed by atoms with Crippen molar-refractivity contribution in [2.24, 2.45) is 0 Å². The van der Waals surface area contributed by atoms with Crippen LogP contribution in [-0.4, -0.2) is 6.54 Å². The zero-order valence-electron chi connectivity index (χ0n) is 10.1. The number of halogens is 1. The Hall–Kier alpha value is -1.67. The summed E-state index contributed by atoms with van der Waals surface area (Å²) < 4.78 is 0. The second-order valence-corrected chi connectivity index (χ2v) is 5.02. The molecule has 92 valence electrons. The van der Waals surface area contributed by atoms with Crippen LogP contribution in [0.2, 0.25) is 5.02 Å². The van der Waals surface area contributed by atoms with Gasteiger partial charge in [0.15, 0.2) is 0 Å². The summed E-state index contributed by atoms with van der Waals surface area (Å²) in [4.78, 5) is 2.28. The number of rotatable bonds is 1. The van der Waals surface area contributed by atoms with E-state index in [-0.39, 0.29) is 0 Å². The molecule has 1 aliphatic rings. The van der Waals surface area contributed by atoms with Gasteiger partial charge in [0.2, 0.25) is 0 Å². The molecule has 0 aromatic heterocycles. The Labute approximate surface area is 112 Å². The molecule has 3 rings (SSSR count). The van der Waals surface area contributed by atoms with E-state index in [9.17, 15) is 0 Å². The molecule has 0 amide bonds. The van der Waals surface area contributed by atoms with E-state index in [0.29, 0.717) is 5.02 Å². The van der Waals surface area contributed by atoms with E-state index in [1.165, 1.54) is 11.3 Å². The molecule has 2 N–H and O–H groups in total. The molecule has 0 saturated carbocycles. The zero-order chi connectivity index (χ0) is 12.5. The van der Waals surface area contributed by atoms with Crippen molar-refractivity contribution in [1.82, 2.24) is 0 Å². The van der Waals surface area contributed by atoms with Crippen molar-refractivity contribution in [2.45, 2.75) is 12.8 Å². The molecule has 1 heterocycles. The molecule has 0 aliphatic carbocycles. The van der Waals surface area contributed by atoms with Crippen molar-refractivity contribution < 1.29 is 0 Å². The van der Waals surface area contributed by atoms with Crippen molar-refractivity contribution in [1.29, 1.82) is 0 Å². The van der Waals surface area contributed by atoms with Gasteiger partial charge in [0.25, 0.3) is 0 Å². The zero-order valence-corrected chi connectivity index (χ0v) is 10.8. The summed E-state index contributed by atoms with van der Waals surface area (Å²) in [5.74, 6) is 0. The molecule has 0 saturated heterocycles. The number of hydrogen-bond acceptors (Lipinski definition) is 2. The van der Waals surface area contributed by atoms with Crippen molar-refractivity contribution in [3.63, 3.8) is 0 Å². The van der Waals surface area contributed by atoms with Gasteiger partial charge in [-0.15, -0.1) is 0 Å². The van der Waals surface area contributed by atoms with Crippen LogP contribution in [0.3, 0.4) is 0 Å². The molecule has 0 atom stereocenters. The molecule has 0 bridgehead atoms. The fourth-order valence-corrected chi connectivity index (χ4v) is 2.74. The van der Waals surface area contributed by atoms with Crippen LogP contribution in [0.15, 0.2) is 42.5 Å². The first kappa shape index (κ1) is 11.4. The van der Waals surface area contributed by atoms with Crippen LogP contribution in [0, 0.1) is 0 Å². The Balaban J connectivity index is 2.08. The summed E-state index contributed by atoms with van der Waals surface area (Å²) in [7, 11) is 0. The summed E-state index contributed by atoms with van der Waals surface area (Å²) in [5.41, 5.74) is 10.5. The molecule has 3 heteroatoms. The average Bonchev–Trinajstić information content (AvgIpc) is 2.38. The van der Waals surface area contributed by atoms with Crippen molar-refractivity contribution in [3.05, 3.63) is 53.1 Å². The maximum absolute atomic E-state index is 6.08. The normalized spacial score (nSPS) is 14.4. The molecule has 0 unspecified atom stereocenters. The van der Waals surface area contributed by atoms with Gasteiger partial charge in [-0.1, -0.05) is 29.8 Å². The van der Waals surface area contributed by atoms with Crippen molar-refractivity contribution in [3.8, 4) is 0 Å². The van der Waals surface area contributed by atoms with Gasteiger partial charge in [-0.25, -0.2) is 0 Å². The lowest BCUT2D eigenvalue weighted by Crippen LogP contribution is -2.25. The number of hydrogen-bond donors (Lipinski definition) is 1. The fourth-order valence-electron chi connectivity index (χ4n) is 2.56. The van der Waals surface area contributed by atoms with E-state index in [0.717, 1.165) is 30.8 Å². The number of nitrogen functional groups attached to an aromatic ring is 1. The van der Waals surface area contributed by atoms with Crippen molar-refractivity contribution >= 4 is 28.7 Å². The Morgan fingerprint density at radius 1 is 1.06 bits per heavy atom. The third kappa shape index (κ3) is 1.93. The highest BCUT2D eigenvalue weighted by molar-refractivity contribution is 6.31. The second-order valence-electron chi connectivity index (χ2n) is 4.59. The SMILES string of the molecule is Nc1cc(Cl)ccc1N1CCCc2ccccc21. The average molecular weight is 259 g/mol. The minimum Gasteiger partial charge on any atom is -0.397 e. The maximum atomic E-state index is 6.08. The molecule has 0 fully saturated rings. The minimum atomic E-state index is 0.682. The number of nitrogens with zero attached hydrogens (tertiary/aromatic N) is 1. The van der Waals surface area contributed by atoms with Gasteiger partial charge in [0, 0.05) is 17.3 Å². The first-order valence-electron chi connectivity index (χ1n) is 6.16. The fraction of sp³-hybridized carbons (Fsp3) is 0.200. The standard InChI is InChI=1S/C15H15ClN2/c16-12-7-8-15(13(17)10-12)18-9-3-5-11-4-1-2-6-14(11)18/h1-2,4,6-8,10H,3,5,9,17H2. The van der Waals surface area contributed by atoms with E-state index >= 15 is 0 Å². The van der Waals surface area contributed by atoms with Crippen LogP contribution in [-0.2, 0) is 6.42 Å². The van der Waals surface area contributed by atoms with E-state index in [1.54, 1.807) is 0 Å². The van der Waals surface area contributed by atoms with Gasteiger partial charge in [-0.05, 0) is 42.7 Å². The number of para-hydroxylation sites is 1. The largest absolute Gasteiger partial charge is 0.397 e. The van der Waals surface area contributed by atoms with Gasteiger partial charge in [0.1, 0.15) is 0 Å². The Morgan fingerprint density at radius 3 is 2.72 bits per heavy atom. The lowest BCUT2D eigenvalue weighted by atomic mass is 10.0. The predicted molar refractivity (Wildman–Crippen MR) is 77.6 cm³/mol. The summed E-state index contributed by atoms with van der Waals surface area (Å²) in [6.45, 7) is 1.00. The highest BCUT2D eigenvalue weighted by atomic mass is 35.5. The molecule has 2 nitrogen and oxygen atoms in total. The molecule has 2 aromatic rings. The monoisotopic (exact) mass is 258 g/mol. The third-order valence-electron chi connectivity index (χ3n) is 3.39. The predicted octanol–water partition coefficient (Wildman–Crippen LogP) is 4.01. The molecule has 0 spiro atoms. The van der Waals surface area contributed by atoms with Crippen LogP contribution in [0.4, 0.5) is 17.1 Å². The molecule has 2 aromatic carbocycles. The van der Waals surface area contributed by atoms with Gasteiger partial charge in [0.05, 0.1) is 11.4 Å². The number of nitrogens with two attached hydrogens (primary N) is 1. The highest BCUT2D eigenvalue weighted by Gasteiger charge is 2.19. The molecular weight excluding hydrogens is 244 g/mol. The van der Waals surface area contributed by atoms with E-state index in [4.69, 9.17) is 17.3 Å². The van der Waals surface area contributed by atoms with E-state index in [2.05, 4.69) is 29.2 Å². The molecule has 1 aliphatic heterocycles. The second kappa shape index (κ2) is 4.54. The first-order valence-corrected chi connectivity index (χ1v) is 6.54. The smallest absolute Gasteiger partial charge is 0.0645 e. The Morgan fingerprint density at radius 2 is 1.89 bits per heavy atom. The van der Waals surface area contributed by atoms with Crippen molar-refractivity contribution in [2.75, 3.05) is 17.2 Å². The summed E-state index contributed by atoms with van der Waals surface area (Å²) in [6, 6.07) is 14.2. The number of benzene rings is 2. The Bertz CT molecular complexity index is 580. The van der Waals surface area contributed by atoms with Crippen LogP contribution in [0.25, 0.3) is 0 Å². The Kier molecular flexibility index (Phi) is 2.88. The topological polar surface area (TPSA) is 29.3 Å². The van der Waals surface area contributed by atoms with E-state index in [1.807, 2.05) is 18.2 Å². The molecule has 18 heavy (non-hydrogen) atoms. The summed E-state index contributed by atoms with van der Waals surface area (Å²) in [5, 5.41) is 0.682. The van der Waals surface area contributed by atoms with Crippen LogP contribution < -0.4 is 10.6 Å². The highest BCUT2D eigenvalue weighted by Crippen LogP contribution is 2.37. The lowest BCUT2D eigenvalue weighted by molar-refractivity contribution is 0.767. The third-order valence-corrected chi connectivity index (χ3v) is 3.63. The maximum Gasteiger partial charge on any atom is 0.0645 e. The van der Waals surface area contributed by atoms with Crippen LogP contribution in [0.5, 0.6) is 0 Å². The number of fused-ring (bicyclic) bond motifs is 1. The quantitative estimate of drug-likeness (QED) is 0.784. The molecular formula is C15H15ClN2. The van der Waals surface area contributed by atoms with Gasteiger partial charge in [-0.2, -0.15) is 0 Å². The summed E-state index contributed by atoms with van der Waals surface area (Å²) >= 11 is 5.96. The summed E-state index contributed by atoms with van der Waals surface area (Å²) in [6.07, 6.45) is 2.29. The van der Waals surface area contributed by atoms with E-state index < -0.39 is 0 Å². The molecule has 0 radical (unpaired) electrons. The van der Waals surface area contributed by atoms with Gasteiger partial charge >= 0.3 is 0 Å².